The Morgan fingerprint density at radius 3 is 2.36 bits per heavy atom. The standard InChI is InChI=1S/C19H24FN3O.HI/c1-3-21-19(22-13-15-9-11-17(20)12-10-15)23-14-18(24-2)16-7-5-4-6-8-16;/h4-12,18H,3,13-14H2,1-2H3,(H2,21,22,23);1H. The first-order chi connectivity index (χ1) is 11.7. The minimum atomic E-state index is -0.237. The third-order valence-corrected chi connectivity index (χ3v) is 3.59. The Morgan fingerprint density at radius 2 is 1.76 bits per heavy atom. The van der Waals surface area contributed by atoms with Crippen LogP contribution in [0.1, 0.15) is 24.2 Å². The smallest absolute Gasteiger partial charge is 0.191 e. The van der Waals surface area contributed by atoms with Crippen LogP contribution in [0.4, 0.5) is 4.39 Å². The van der Waals surface area contributed by atoms with Crippen LogP contribution >= 0.6 is 24.0 Å². The highest BCUT2D eigenvalue weighted by molar-refractivity contribution is 14.0. The molecule has 4 nitrogen and oxygen atoms in total. The van der Waals surface area contributed by atoms with Crippen LogP contribution < -0.4 is 10.6 Å². The number of methoxy groups -OCH3 is 1. The number of nitrogens with one attached hydrogen (secondary N) is 2. The van der Waals surface area contributed by atoms with E-state index in [1.165, 1.54) is 12.1 Å². The summed E-state index contributed by atoms with van der Waals surface area (Å²) in [4.78, 5) is 4.53. The summed E-state index contributed by atoms with van der Waals surface area (Å²) in [6.45, 7) is 3.87. The van der Waals surface area contributed by atoms with Gasteiger partial charge in [0.15, 0.2) is 5.96 Å². The number of guanidine groups is 1. The van der Waals surface area contributed by atoms with E-state index in [-0.39, 0.29) is 35.9 Å². The van der Waals surface area contributed by atoms with Crippen LogP contribution in [0.3, 0.4) is 0 Å². The second-order valence-corrected chi connectivity index (χ2v) is 5.34. The Kier molecular flexibility index (Phi) is 10.1. The van der Waals surface area contributed by atoms with Gasteiger partial charge in [0.05, 0.1) is 12.6 Å². The summed E-state index contributed by atoms with van der Waals surface area (Å²) in [6, 6.07) is 16.4. The molecule has 6 heteroatoms. The van der Waals surface area contributed by atoms with Gasteiger partial charge >= 0.3 is 0 Å². The number of rotatable bonds is 7. The molecule has 2 aromatic rings. The quantitative estimate of drug-likeness (QED) is 0.377. The predicted molar refractivity (Wildman–Crippen MR) is 111 cm³/mol. The van der Waals surface area contributed by atoms with Crippen molar-refractivity contribution in [3.05, 3.63) is 71.5 Å². The zero-order valence-electron chi connectivity index (χ0n) is 14.5. The SMILES string of the molecule is CCNC(=NCc1ccc(F)cc1)NCC(OC)c1ccccc1.I. The number of ether oxygens (including phenoxy) is 1. The summed E-state index contributed by atoms with van der Waals surface area (Å²) in [5.41, 5.74) is 2.07. The van der Waals surface area contributed by atoms with Gasteiger partial charge < -0.3 is 15.4 Å². The molecule has 0 heterocycles. The lowest BCUT2D eigenvalue weighted by molar-refractivity contribution is 0.106. The molecule has 0 fully saturated rings. The van der Waals surface area contributed by atoms with Gasteiger partial charge in [-0.1, -0.05) is 42.5 Å². The van der Waals surface area contributed by atoms with Gasteiger partial charge in [-0.15, -0.1) is 24.0 Å². The number of hydrogen-bond donors (Lipinski definition) is 2. The van der Waals surface area contributed by atoms with E-state index in [1.807, 2.05) is 37.3 Å². The minimum absolute atomic E-state index is 0. The third-order valence-electron chi connectivity index (χ3n) is 3.59. The zero-order chi connectivity index (χ0) is 17.2. The topological polar surface area (TPSA) is 45.7 Å². The molecule has 1 atom stereocenters. The highest BCUT2D eigenvalue weighted by Crippen LogP contribution is 2.14. The number of halogens is 2. The van der Waals surface area contributed by atoms with E-state index in [9.17, 15) is 4.39 Å². The summed E-state index contributed by atoms with van der Waals surface area (Å²) >= 11 is 0. The van der Waals surface area contributed by atoms with Crippen molar-refractivity contribution < 1.29 is 9.13 Å². The van der Waals surface area contributed by atoms with Crippen molar-refractivity contribution in [2.45, 2.75) is 19.6 Å². The monoisotopic (exact) mass is 457 g/mol. The van der Waals surface area contributed by atoms with Gasteiger partial charge in [-0.3, -0.25) is 0 Å². The van der Waals surface area contributed by atoms with E-state index in [1.54, 1.807) is 19.2 Å². The van der Waals surface area contributed by atoms with Crippen molar-refractivity contribution >= 4 is 29.9 Å². The average Bonchev–Trinajstić information content (AvgIpc) is 2.62. The summed E-state index contributed by atoms with van der Waals surface area (Å²) in [5.74, 6) is 0.471. The zero-order valence-corrected chi connectivity index (χ0v) is 16.9. The molecule has 2 rings (SSSR count). The normalized spacial score (nSPS) is 12.2. The van der Waals surface area contributed by atoms with Gasteiger partial charge in [-0.25, -0.2) is 9.38 Å². The Labute approximate surface area is 165 Å². The molecule has 0 saturated heterocycles. The summed E-state index contributed by atoms with van der Waals surface area (Å²) in [5, 5.41) is 6.50. The molecule has 0 amide bonds. The molecule has 136 valence electrons. The highest BCUT2D eigenvalue weighted by atomic mass is 127. The second kappa shape index (κ2) is 11.8. The lowest BCUT2D eigenvalue weighted by atomic mass is 10.1. The maximum absolute atomic E-state index is 12.9. The maximum Gasteiger partial charge on any atom is 0.191 e. The van der Waals surface area contributed by atoms with Crippen LogP contribution in [0.5, 0.6) is 0 Å². The fourth-order valence-electron chi connectivity index (χ4n) is 2.30. The lowest BCUT2D eigenvalue weighted by Crippen LogP contribution is -2.39. The predicted octanol–water partition coefficient (Wildman–Crippen LogP) is 3.89. The molecule has 0 aliphatic heterocycles. The van der Waals surface area contributed by atoms with Gasteiger partial charge in [0, 0.05) is 20.2 Å². The van der Waals surface area contributed by atoms with E-state index in [4.69, 9.17) is 4.74 Å². The van der Waals surface area contributed by atoms with Crippen molar-refractivity contribution in [3.63, 3.8) is 0 Å². The Hall–Kier alpha value is -1.67. The number of nitrogens with zero attached hydrogens (tertiary/aromatic N) is 1. The summed E-state index contributed by atoms with van der Waals surface area (Å²) in [7, 11) is 1.70. The molecule has 1 unspecified atom stereocenters. The minimum Gasteiger partial charge on any atom is -0.375 e. The molecule has 2 aromatic carbocycles. The van der Waals surface area contributed by atoms with E-state index >= 15 is 0 Å². The van der Waals surface area contributed by atoms with Crippen molar-refractivity contribution in [2.24, 2.45) is 4.99 Å². The first kappa shape index (κ1) is 21.4. The van der Waals surface area contributed by atoms with E-state index in [0.717, 1.165) is 17.7 Å². The molecule has 0 spiro atoms. The van der Waals surface area contributed by atoms with E-state index < -0.39 is 0 Å². The van der Waals surface area contributed by atoms with Gasteiger partial charge in [0.25, 0.3) is 0 Å². The number of aliphatic imine (C=N–C) groups is 1. The van der Waals surface area contributed by atoms with Crippen LogP contribution in [0.15, 0.2) is 59.6 Å². The molecule has 2 N–H and O–H groups in total. The molecule has 25 heavy (non-hydrogen) atoms. The van der Waals surface area contributed by atoms with Gasteiger partial charge in [0.2, 0.25) is 0 Å². The lowest BCUT2D eigenvalue weighted by Gasteiger charge is -2.18. The van der Waals surface area contributed by atoms with Gasteiger partial charge in [-0.05, 0) is 30.2 Å². The molecule has 0 aliphatic carbocycles. The Balaban J connectivity index is 0.00000312. The Bertz CT molecular complexity index is 635. The van der Waals surface area contributed by atoms with Crippen LogP contribution in [-0.4, -0.2) is 26.2 Å². The molecule has 0 saturated carbocycles. The molecular weight excluding hydrogens is 432 g/mol. The maximum atomic E-state index is 12.9. The van der Waals surface area contributed by atoms with Crippen LogP contribution in [0, 0.1) is 5.82 Å². The number of benzene rings is 2. The highest BCUT2D eigenvalue weighted by Gasteiger charge is 2.10. The van der Waals surface area contributed by atoms with Crippen LogP contribution in [-0.2, 0) is 11.3 Å². The van der Waals surface area contributed by atoms with Crippen LogP contribution in [0.25, 0.3) is 0 Å². The van der Waals surface area contributed by atoms with Gasteiger partial charge in [-0.2, -0.15) is 0 Å². The molecule has 0 aromatic heterocycles. The third kappa shape index (κ3) is 7.39. The Morgan fingerprint density at radius 1 is 1.08 bits per heavy atom. The van der Waals surface area contributed by atoms with Crippen molar-refractivity contribution in [2.75, 3.05) is 20.2 Å². The van der Waals surface area contributed by atoms with Gasteiger partial charge in [0.1, 0.15) is 5.82 Å². The van der Waals surface area contributed by atoms with Crippen molar-refractivity contribution in [3.8, 4) is 0 Å². The molecular formula is C19H25FIN3O. The van der Waals surface area contributed by atoms with Crippen LogP contribution in [0.2, 0.25) is 0 Å². The van der Waals surface area contributed by atoms with E-state index in [2.05, 4.69) is 15.6 Å². The average molecular weight is 457 g/mol. The molecule has 0 bridgehead atoms. The summed E-state index contributed by atoms with van der Waals surface area (Å²) < 4.78 is 18.5. The van der Waals surface area contributed by atoms with Crippen molar-refractivity contribution in [1.29, 1.82) is 0 Å². The van der Waals surface area contributed by atoms with E-state index in [0.29, 0.717) is 19.0 Å². The fourth-order valence-corrected chi connectivity index (χ4v) is 2.30. The number of hydrogen-bond acceptors (Lipinski definition) is 2. The summed E-state index contributed by atoms with van der Waals surface area (Å²) in [6.07, 6.45) is -0.0547. The largest absolute Gasteiger partial charge is 0.375 e. The first-order valence-electron chi connectivity index (χ1n) is 8.07. The fraction of sp³-hybridized carbons (Fsp3) is 0.316. The molecule has 0 radical (unpaired) electrons. The molecule has 0 aliphatic rings. The van der Waals surface area contributed by atoms with Crippen molar-refractivity contribution in [1.82, 2.24) is 10.6 Å². The second-order valence-electron chi connectivity index (χ2n) is 5.34. The first-order valence-corrected chi connectivity index (χ1v) is 8.07.